The first kappa shape index (κ1) is 27.8. The second-order valence-corrected chi connectivity index (χ2v) is 13.3. The fraction of sp³-hybridized carbons (Fsp3) is 0.536. The summed E-state index contributed by atoms with van der Waals surface area (Å²) >= 11 is 0. The van der Waals surface area contributed by atoms with Crippen LogP contribution in [0.1, 0.15) is 44.2 Å². The molecule has 10 nitrogen and oxygen atoms in total. The van der Waals surface area contributed by atoms with E-state index in [1.807, 2.05) is 17.9 Å². The summed E-state index contributed by atoms with van der Waals surface area (Å²) in [4.78, 5) is 13.5. The Balaban J connectivity index is 1.34. The Hall–Kier alpha value is -3.32. The van der Waals surface area contributed by atoms with Gasteiger partial charge in [0.05, 0.1) is 41.3 Å². The number of rotatable bonds is 8. The number of aromatic nitrogens is 4. The molecule has 220 valence electrons. The summed E-state index contributed by atoms with van der Waals surface area (Å²) in [7, 11) is -3.91. The number of sulfonamides is 1. The van der Waals surface area contributed by atoms with Gasteiger partial charge in [-0.1, -0.05) is 0 Å². The molecule has 2 saturated heterocycles. The number of benzene rings is 1. The zero-order valence-electron chi connectivity index (χ0n) is 23.1. The molecule has 0 unspecified atom stereocenters. The van der Waals surface area contributed by atoms with Crippen LogP contribution >= 0.6 is 0 Å². The van der Waals surface area contributed by atoms with Gasteiger partial charge in [0, 0.05) is 49.7 Å². The van der Waals surface area contributed by atoms with Gasteiger partial charge in [0.25, 0.3) is 0 Å². The Bertz CT molecular complexity index is 1530. The Morgan fingerprint density at radius 2 is 1.76 bits per heavy atom. The van der Waals surface area contributed by atoms with E-state index in [9.17, 15) is 12.8 Å². The standard InChI is InChI=1S/C28H35F2N7O3S/c1-19-14-23(33-27(32-19)36-8-2-21(29)3-9-36)20-17-31-37(18-20)26-15-22(30)24(34-41(39,40)13-12-38)16-25(26)35-10-6-28(4-5-28)7-11-35/h14-18,21,34,38H,2-13H2,1H3. The number of alkyl halides is 1. The quantitative estimate of drug-likeness (QED) is 0.409. The zero-order chi connectivity index (χ0) is 28.8. The molecule has 0 radical (unpaired) electrons. The summed E-state index contributed by atoms with van der Waals surface area (Å²) in [6, 6.07) is 4.67. The van der Waals surface area contributed by atoms with Crippen molar-refractivity contribution in [2.24, 2.45) is 5.41 Å². The van der Waals surface area contributed by atoms with E-state index in [1.54, 1.807) is 17.1 Å². The predicted octanol–water partition coefficient (Wildman–Crippen LogP) is 3.83. The van der Waals surface area contributed by atoms with Gasteiger partial charge in [-0.15, -0.1) is 0 Å². The van der Waals surface area contributed by atoms with E-state index in [0.717, 1.165) is 31.6 Å². The Kier molecular flexibility index (Phi) is 7.35. The largest absolute Gasteiger partial charge is 0.395 e. The summed E-state index contributed by atoms with van der Waals surface area (Å²) in [5.41, 5.74) is 3.56. The topological polar surface area (TPSA) is 116 Å². The van der Waals surface area contributed by atoms with E-state index in [2.05, 4.69) is 19.7 Å². The maximum atomic E-state index is 15.4. The molecule has 3 aliphatic rings. The van der Waals surface area contributed by atoms with Gasteiger partial charge in [0.1, 0.15) is 12.0 Å². The lowest BCUT2D eigenvalue weighted by Crippen LogP contribution is -2.35. The lowest BCUT2D eigenvalue weighted by atomic mass is 9.93. The van der Waals surface area contributed by atoms with Crippen LogP contribution in [0.5, 0.6) is 0 Å². The highest BCUT2D eigenvalue weighted by atomic mass is 32.2. The minimum Gasteiger partial charge on any atom is -0.395 e. The number of aliphatic hydroxyl groups is 1. The summed E-state index contributed by atoms with van der Waals surface area (Å²) < 4.78 is 57.6. The van der Waals surface area contributed by atoms with Gasteiger partial charge in [0.2, 0.25) is 16.0 Å². The first-order valence-electron chi connectivity index (χ1n) is 14.1. The monoisotopic (exact) mass is 587 g/mol. The number of anilines is 3. The van der Waals surface area contributed by atoms with E-state index in [1.165, 1.54) is 25.0 Å². The molecule has 0 amide bonds. The van der Waals surface area contributed by atoms with E-state index in [-0.39, 0.29) is 5.69 Å². The van der Waals surface area contributed by atoms with Crippen molar-refractivity contribution in [3.63, 3.8) is 0 Å². The van der Waals surface area contributed by atoms with E-state index < -0.39 is 34.4 Å². The van der Waals surface area contributed by atoms with Crippen molar-refractivity contribution < 1.29 is 22.3 Å². The molecule has 41 heavy (non-hydrogen) atoms. The van der Waals surface area contributed by atoms with Gasteiger partial charge >= 0.3 is 0 Å². The molecule has 1 aromatic carbocycles. The summed E-state index contributed by atoms with van der Waals surface area (Å²) in [5.74, 6) is -0.715. The van der Waals surface area contributed by atoms with Gasteiger partial charge in [-0.3, -0.25) is 4.72 Å². The van der Waals surface area contributed by atoms with Crippen LogP contribution in [0, 0.1) is 18.2 Å². The first-order chi connectivity index (χ1) is 19.6. The molecule has 3 fully saturated rings. The average molecular weight is 588 g/mol. The van der Waals surface area contributed by atoms with Crippen molar-refractivity contribution in [3.8, 4) is 16.9 Å². The van der Waals surface area contributed by atoms with Crippen molar-refractivity contribution in [1.82, 2.24) is 19.7 Å². The second-order valence-electron chi connectivity index (χ2n) is 11.5. The molecular weight excluding hydrogens is 552 g/mol. The number of piperidine rings is 2. The number of hydrogen-bond acceptors (Lipinski definition) is 8. The Labute approximate surface area is 238 Å². The lowest BCUT2D eigenvalue weighted by molar-refractivity contribution is 0.276. The molecule has 1 saturated carbocycles. The third kappa shape index (κ3) is 6.01. The summed E-state index contributed by atoms with van der Waals surface area (Å²) in [6.07, 6.45) is 8.06. The number of aliphatic hydroxyl groups excluding tert-OH is 1. The van der Waals surface area contributed by atoms with Crippen molar-refractivity contribution in [1.29, 1.82) is 0 Å². The van der Waals surface area contributed by atoms with Crippen LogP contribution in [-0.2, 0) is 10.0 Å². The van der Waals surface area contributed by atoms with Gasteiger partial charge in [-0.05, 0) is 63.0 Å². The van der Waals surface area contributed by atoms with Crippen LogP contribution in [-0.4, -0.2) is 78.0 Å². The molecule has 4 heterocycles. The number of nitrogens with zero attached hydrogens (tertiary/aromatic N) is 6. The maximum Gasteiger partial charge on any atom is 0.235 e. The fourth-order valence-corrected chi connectivity index (χ4v) is 6.61. The minimum absolute atomic E-state index is 0.163. The van der Waals surface area contributed by atoms with Gasteiger partial charge in [-0.25, -0.2) is 31.8 Å². The van der Waals surface area contributed by atoms with Gasteiger partial charge in [-0.2, -0.15) is 5.10 Å². The molecule has 2 N–H and O–H groups in total. The molecule has 6 rings (SSSR count). The van der Waals surface area contributed by atoms with Crippen molar-refractivity contribution in [2.75, 3.05) is 53.1 Å². The number of aryl methyl sites for hydroxylation is 1. The highest BCUT2D eigenvalue weighted by Crippen LogP contribution is 2.54. The molecular formula is C28H35F2N7O3S. The van der Waals surface area contributed by atoms with Crippen LogP contribution in [0.25, 0.3) is 16.9 Å². The smallest absolute Gasteiger partial charge is 0.235 e. The zero-order valence-corrected chi connectivity index (χ0v) is 23.9. The van der Waals surface area contributed by atoms with Crippen LogP contribution in [0.3, 0.4) is 0 Å². The van der Waals surface area contributed by atoms with Crippen LogP contribution < -0.4 is 14.5 Å². The maximum absolute atomic E-state index is 15.4. The normalized spacial score (nSPS) is 19.1. The molecule has 0 bridgehead atoms. The van der Waals surface area contributed by atoms with Crippen LogP contribution in [0.2, 0.25) is 0 Å². The SMILES string of the molecule is Cc1cc(-c2cnn(-c3cc(F)c(NS(=O)(=O)CCO)cc3N3CCC4(CC3)CC4)c2)nc(N2CCC(F)CC2)n1. The fourth-order valence-electron chi connectivity index (χ4n) is 5.78. The summed E-state index contributed by atoms with van der Waals surface area (Å²) in [5, 5.41) is 13.7. The molecule has 3 aromatic rings. The molecule has 13 heteroatoms. The van der Waals surface area contributed by atoms with Crippen LogP contribution in [0.4, 0.5) is 26.1 Å². The average Bonchev–Trinajstić information content (AvgIpc) is 3.50. The number of nitrogens with one attached hydrogen (secondary N) is 1. The third-order valence-corrected chi connectivity index (χ3v) is 9.74. The van der Waals surface area contributed by atoms with E-state index in [4.69, 9.17) is 10.1 Å². The molecule has 1 spiro atoms. The van der Waals surface area contributed by atoms with Gasteiger partial charge in [0.15, 0.2) is 0 Å². The highest BCUT2D eigenvalue weighted by molar-refractivity contribution is 7.92. The Morgan fingerprint density at radius 1 is 1.02 bits per heavy atom. The predicted molar refractivity (Wildman–Crippen MR) is 153 cm³/mol. The Morgan fingerprint density at radius 3 is 2.44 bits per heavy atom. The molecule has 2 aromatic heterocycles. The minimum atomic E-state index is -3.91. The van der Waals surface area contributed by atoms with E-state index in [0.29, 0.717) is 59.9 Å². The second kappa shape index (κ2) is 10.8. The highest BCUT2D eigenvalue weighted by Gasteiger charge is 2.44. The van der Waals surface area contributed by atoms with E-state index >= 15 is 4.39 Å². The van der Waals surface area contributed by atoms with Crippen LogP contribution in [0.15, 0.2) is 30.6 Å². The van der Waals surface area contributed by atoms with Crippen molar-refractivity contribution >= 4 is 27.3 Å². The molecule has 0 atom stereocenters. The van der Waals surface area contributed by atoms with Crippen molar-refractivity contribution in [2.45, 2.75) is 51.6 Å². The number of hydrogen-bond donors (Lipinski definition) is 2. The van der Waals surface area contributed by atoms with Gasteiger partial charge < -0.3 is 14.9 Å². The lowest BCUT2D eigenvalue weighted by Gasteiger charge is -2.35. The summed E-state index contributed by atoms with van der Waals surface area (Å²) in [6.45, 7) is 3.98. The first-order valence-corrected chi connectivity index (χ1v) is 15.8. The molecule has 2 aliphatic heterocycles. The van der Waals surface area contributed by atoms with Crippen molar-refractivity contribution in [3.05, 3.63) is 42.1 Å². The third-order valence-electron chi connectivity index (χ3n) is 8.49. The molecule has 1 aliphatic carbocycles. The number of halogens is 2.